The standard InChI is InChI=1S/C17H14Br2N2O3/c18-14-11(3-4-13(22)15(14)19)17(23)21-5-6-24-16-12(21)7-10(8-20-16)9-1-2-9/h3-4,7-9,22H,1-2,5-6H2. The van der Waals surface area contributed by atoms with Crippen LogP contribution in [0.1, 0.15) is 34.7 Å². The SMILES string of the molecule is O=C(c1ccc(O)c(Br)c1Br)N1CCOc2ncc(C3CC3)cc21. The van der Waals surface area contributed by atoms with Crippen molar-refractivity contribution >= 4 is 43.5 Å². The maximum absolute atomic E-state index is 13.1. The van der Waals surface area contributed by atoms with Gasteiger partial charge in [-0.2, -0.15) is 0 Å². The van der Waals surface area contributed by atoms with Gasteiger partial charge in [0.1, 0.15) is 18.0 Å². The van der Waals surface area contributed by atoms with Crippen molar-refractivity contribution in [3.63, 3.8) is 0 Å². The van der Waals surface area contributed by atoms with E-state index in [0.29, 0.717) is 45.1 Å². The molecule has 1 aromatic heterocycles. The summed E-state index contributed by atoms with van der Waals surface area (Å²) in [5.74, 6) is 0.976. The molecule has 2 aliphatic rings. The molecule has 0 radical (unpaired) electrons. The highest BCUT2D eigenvalue weighted by molar-refractivity contribution is 9.13. The average Bonchev–Trinajstić information content (AvgIpc) is 3.43. The van der Waals surface area contributed by atoms with Crippen molar-refractivity contribution in [2.45, 2.75) is 18.8 Å². The van der Waals surface area contributed by atoms with E-state index in [2.05, 4.69) is 36.8 Å². The third-order valence-electron chi connectivity index (χ3n) is 4.28. The van der Waals surface area contributed by atoms with E-state index in [1.165, 1.54) is 18.9 Å². The maximum Gasteiger partial charge on any atom is 0.259 e. The number of rotatable bonds is 2. The zero-order valence-electron chi connectivity index (χ0n) is 12.6. The fraction of sp³-hybridized carbons (Fsp3) is 0.294. The number of hydrogen-bond donors (Lipinski definition) is 1. The van der Waals surface area contributed by atoms with Crippen molar-refractivity contribution in [3.8, 4) is 11.6 Å². The third-order valence-corrected chi connectivity index (χ3v) is 6.44. The minimum absolute atomic E-state index is 0.0819. The molecule has 1 aliphatic heterocycles. The number of fused-ring (bicyclic) bond motifs is 1. The van der Waals surface area contributed by atoms with Gasteiger partial charge in [-0.25, -0.2) is 4.98 Å². The van der Waals surface area contributed by atoms with Gasteiger partial charge in [0.05, 0.1) is 16.6 Å². The van der Waals surface area contributed by atoms with Crippen LogP contribution >= 0.6 is 31.9 Å². The van der Waals surface area contributed by atoms with Gasteiger partial charge in [-0.3, -0.25) is 4.79 Å². The van der Waals surface area contributed by atoms with Crippen LogP contribution in [0.5, 0.6) is 11.6 Å². The second kappa shape index (κ2) is 6.04. The second-order valence-electron chi connectivity index (χ2n) is 5.93. The van der Waals surface area contributed by atoms with Gasteiger partial charge in [0.25, 0.3) is 5.91 Å². The first-order valence-electron chi connectivity index (χ1n) is 7.68. The molecule has 7 heteroatoms. The van der Waals surface area contributed by atoms with Gasteiger partial charge in [0.2, 0.25) is 5.88 Å². The summed E-state index contributed by atoms with van der Waals surface area (Å²) >= 11 is 6.67. The zero-order chi connectivity index (χ0) is 16.8. The van der Waals surface area contributed by atoms with E-state index >= 15 is 0 Å². The summed E-state index contributed by atoms with van der Waals surface area (Å²) in [6, 6.07) is 5.13. The average molecular weight is 454 g/mol. The predicted molar refractivity (Wildman–Crippen MR) is 96.9 cm³/mol. The molecule has 0 unspecified atom stereocenters. The fourth-order valence-electron chi connectivity index (χ4n) is 2.82. The van der Waals surface area contributed by atoms with Crippen LogP contribution in [0.15, 0.2) is 33.3 Å². The van der Waals surface area contributed by atoms with E-state index in [0.717, 1.165) is 5.56 Å². The van der Waals surface area contributed by atoms with Crippen LogP contribution in [0.25, 0.3) is 0 Å². The molecule has 0 spiro atoms. The molecule has 1 aliphatic carbocycles. The first-order chi connectivity index (χ1) is 11.6. The van der Waals surface area contributed by atoms with Crippen LogP contribution in [-0.2, 0) is 0 Å². The Labute approximate surface area is 155 Å². The van der Waals surface area contributed by atoms with Gasteiger partial charge in [-0.05, 0) is 74.4 Å². The Bertz CT molecular complexity index is 837. The number of aromatic nitrogens is 1. The summed E-state index contributed by atoms with van der Waals surface area (Å²) in [5.41, 5.74) is 2.35. The van der Waals surface area contributed by atoms with Crippen molar-refractivity contribution in [1.29, 1.82) is 0 Å². The van der Waals surface area contributed by atoms with Gasteiger partial charge in [-0.1, -0.05) is 0 Å². The van der Waals surface area contributed by atoms with Crippen molar-refractivity contribution in [2.24, 2.45) is 0 Å². The minimum Gasteiger partial charge on any atom is -0.507 e. The molecule has 4 rings (SSSR count). The Morgan fingerprint density at radius 2 is 2.08 bits per heavy atom. The molecule has 2 aromatic rings. The number of phenolic OH excluding ortho intramolecular Hbond substituents is 1. The highest BCUT2D eigenvalue weighted by atomic mass is 79.9. The highest BCUT2D eigenvalue weighted by Crippen LogP contribution is 2.43. The molecule has 1 aromatic carbocycles. The van der Waals surface area contributed by atoms with E-state index < -0.39 is 0 Å². The number of nitrogens with zero attached hydrogens (tertiary/aromatic N) is 2. The number of aromatic hydroxyl groups is 1. The van der Waals surface area contributed by atoms with Gasteiger partial charge in [0, 0.05) is 10.7 Å². The van der Waals surface area contributed by atoms with Crippen molar-refractivity contribution in [1.82, 2.24) is 4.98 Å². The Morgan fingerprint density at radius 3 is 2.83 bits per heavy atom. The number of ether oxygens (including phenoxy) is 1. The molecule has 24 heavy (non-hydrogen) atoms. The summed E-state index contributed by atoms with van der Waals surface area (Å²) < 4.78 is 6.60. The molecule has 5 nitrogen and oxygen atoms in total. The summed E-state index contributed by atoms with van der Waals surface area (Å²) in [7, 11) is 0. The van der Waals surface area contributed by atoms with Gasteiger partial charge >= 0.3 is 0 Å². The highest BCUT2D eigenvalue weighted by Gasteiger charge is 2.31. The Morgan fingerprint density at radius 1 is 1.29 bits per heavy atom. The van der Waals surface area contributed by atoms with E-state index in [4.69, 9.17) is 4.74 Å². The van der Waals surface area contributed by atoms with Crippen LogP contribution in [-0.4, -0.2) is 29.1 Å². The molecule has 1 saturated carbocycles. The molecule has 0 bridgehead atoms. The lowest BCUT2D eigenvalue weighted by atomic mass is 10.1. The quantitative estimate of drug-likeness (QED) is 0.739. The molecule has 124 valence electrons. The topological polar surface area (TPSA) is 62.7 Å². The third kappa shape index (κ3) is 2.69. The van der Waals surface area contributed by atoms with Gasteiger partial charge < -0.3 is 14.7 Å². The normalized spacial score (nSPS) is 16.5. The largest absolute Gasteiger partial charge is 0.507 e. The van der Waals surface area contributed by atoms with Crippen LogP contribution in [0.4, 0.5) is 5.69 Å². The van der Waals surface area contributed by atoms with Crippen molar-refractivity contribution < 1.29 is 14.6 Å². The predicted octanol–water partition coefficient (Wildman–Crippen LogP) is 4.23. The van der Waals surface area contributed by atoms with Crippen LogP contribution in [0, 0.1) is 0 Å². The molecule has 1 fully saturated rings. The van der Waals surface area contributed by atoms with E-state index in [1.807, 2.05) is 12.3 Å². The van der Waals surface area contributed by atoms with E-state index in [9.17, 15) is 9.90 Å². The lowest BCUT2D eigenvalue weighted by molar-refractivity contribution is 0.0975. The second-order valence-corrected chi connectivity index (χ2v) is 7.52. The number of carbonyl (C=O) groups excluding carboxylic acids is 1. The van der Waals surface area contributed by atoms with Crippen LogP contribution < -0.4 is 9.64 Å². The lowest BCUT2D eigenvalue weighted by Gasteiger charge is -2.29. The number of carbonyl (C=O) groups is 1. The fourth-order valence-corrected chi connectivity index (χ4v) is 3.67. The maximum atomic E-state index is 13.1. The number of halogens is 2. The number of phenols is 1. The number of anilines is 1. The zero-order valence-corrected chi connectivity index (χ0v) is 15.8. The van der Waals surface area contributed by atoms with Crippen LogP contribution in [0.2, 0.25) is 0 Å². The smallest absolute Gasteiger partial charge is 0.259 e. The van der Waals surface area contributed by atoms with Gasteiger partial charge in [-0.15, -0.1) is 0 Å². The molecule has 2 heterocycles. The summed E-state index contributed by atoms with van der Waals surface area (Å²) in [6.07, 6.45) is 4.19. The summed E-state index contributed by atoms with van der Waals surface area (Å²) in [5, 5.41) is 9.75. The monoisotopic (exact) mass is 452 g/mol. The number of benzene rings is 1. The van der Waals surface area contributed by atoms with E-state index in [1.54, 1.807) is 11.0 Å². The first kappa shape index (κ1) is 15.9. The Balaban J connectivity index is 1.74. The van der Waals surface area contributed by atoms with E-state index in [-0.39, 0.29) is 11.7 Å². The molecule has 1 amide bonds. The van der Waals surface area contributed by atoms with Crippen molar-refractivity contribution in [2.75, 3.05) is 18.1 Å². The molecule has 1 N–H and O–H groups in total. The number of pyridine rings is 1. The Hall–Kier alpha value is -1.60. The first-order valence-corrected chi connectivity index (χ1v) is 9.26. The summed E-state index contributed by atoms with van der Waals surface area (Å²) in [4.78, 5) is 19.1. The lowest BCUT2D eigenvalue weighted by Crippen LogP contribution is -2.38. The molecule has 0 atom stereocenters. The number of amides is 1. The minimum atomic E-state index is -0.151. The van der Waals surface area contributed by atoms with Gasteiger partial charge in [0.15, 0.2) is 0 Å². The van der Waals surface area contributed by atoms with Crippen LogP contribution in [0.3, 0.4) is 0 Å². The number of hydrogen-bond acceptors (Lipinski definition) is 4. The molecule has 0 saturated heterocycles. The summed E-state index contributed by atoms with van der Waals surface area (Å²) in [6.45, 7) is 0.873. The van der Waals surface area contributed by atoms with Crippen molar-refractivity contribution in [3.05, 3.63) is 44.5 Å². The molecular formula is C17H14Br2N2O3. The Kier molecular flexibility index (Phi) is 4.00. The molecular weight excluding hydrogens is 440 g/mol.